The molecule has 2 aliphatic rings. The molecule has 3 heterocycles. The summed E-state index contributed by atoms with van der Waals surface area (Å²) >= 11 is 0.812. The highest BCUT2D eigenvalue weighted by atomic mass is 32.2. The van der Waals surface area contributed by atoms with Crippen LogP contribution in [0.4, 0.5) is 10.5 Å². The highest BCUT2D eigenvalue weighted by molar-refractivity contribution is 8.18. The molecular formula is C23H24N4O6S. The molecule has 0 aliphatic carbocycles. The predicted molar refractivity (Wildman–Crippen MR) is 127 cm³/mol. The molecule has 178 valence electrons. The number of nitro groups is 1. The minimum absolute atomic E-state index is 0.0829. The molecule has 10 nitrogen and oxygen atoms in total. The zero-order valence-electron chi connectivity index (χ0n) is 19.1. The van der Waals surface area contributed by atoms with Crippen LogP contribution in [0, 0.1) is 24.0 Å². The Balaban J connectivity index is 1.62. The van der Waals surface area contributed by atoms with Gasteiger partial charge in [-0.3, -0.25) is 29.4 Å². The van der Waals surface area contributed by atoms with Crippen LogP contribution in [-0.4, -0.2) is 63.1 Å². The number of non-ortho nitro benzene ring substituents is 1. The maximum atomic E-state index is 12.9. The van der Waals surface area contributed by atoms with Crippen LogP contribution in [0.2, 0.25) is 0 Å². The fourth-order valence-corrected chi connectivity index (χ4v) is 5.08. The van der Waals surface area contributed by atoms with Crippen LogP contribution < -0.4 is 4.74 Å². The number of nitro benzene ring substituents is 1. The van der Waals surface area contributed by atoms with Gasteiger partial charge in [-0.1, -0.05) is 0 Å². The van der Waals surface area contributed by atoms with Crippen molar-refractivity contribution in [1.29, 1.82) is 0 Å². The van der Waals surface area contributed by atoms with Crippen LogP contribution in [0.15, 0.2) is 29.2 Å². The summed E-state index contributed by atoms with van der Waals surface area (Å²) in [6, 6.07) is 6.23. The minimum Gasteiger partial charge on any atom is -0.494 e. The molecule has 0 unspecified atom stereocenters. The van der Waals surface area contributed by atoms with E-state index in [4.69, 9.17) is 4.74 Å². The van der Waals surface area contributed by atoms with E-state index in [0.717, 1.165) is 40.9 Å². The highest BCUT2D eigenvalue weighted by Crippen LogP contribution is 2.35. The first kappa shape index (κ1) is 23.6. The molecule has 0 radical (unpaired) electrons. The fourth-order valence-electron chi connectivity index (χ4n) is 4.25. The van der Waals surface area contributed by atoms with Gasteiger partial charge < -0.3 is 14.2 Å². The Labute approximate surface area is 200 Å². The first-order valence-corrected chi connectivity index (χ1v) is 11.6. The van der Waals surface area contributed by atoms with Crippen LogP contribution in [-0.2, 0) is 9.59 Å². The van der Waals surface area contributed by atoms with Gasteiger partial charge in [0.2, 0.25) is 5.91 Å². The molecule has 0 saturated carbocycles. The summed E-state index contributed by atoms with van der Waals surface area (Å²) in [5, 5.41) is 10.7. The van der Waals surface area contributed by atoms with E-state index in [0.29, 0.717) is 30.1 Å². The fraction of sp³-hybridized carbons (Fsp3) is 0.348. The third-order valence-corrected chi connectivity index (χ3v) is 6.91. The lowest BCUT2D eigenvalue weighted by Crippen LogP contribution is -2.40. The average molecular weight is 485 g/mol. The van der Waals surface area contributed by atoms with Gasteiger partial charge in [0.25, 0.3) is 16.8 Å². The largest absolute Gasteiger partial charge is 0.494 e. The van der Waals surface area contributed by atoms with Gasteiger partial charge in [0.1, 0.15) is 12.3 Å². The van der Waals surface area contributed by atoms with Gasteiger partial charge in [0, 0.05) is 30.5 Å². The molecular weight excluding hydrogens is 460 g/mol. The molecule has 2 fully saturated rings. The Hall–Kier alpha value is -3.60. The summed E-state index contributed by atoms with van der Waals surface area (Å²) < 4.78 is 7.25. The van der Waals surface area contributed by atoms with E-state index in [1.807, 2.05) is 24.5 Å². The Bertz CT molecular complexity index is 1230. The van der Waals surface area contributed by atoms with Crippen molar-refractivity contribution in [2.45, 2.75) is 26.7 Å². The minimum atomic E-state index is -0.488. The normalized spacial score (nSPS) is 17.2. The third-order valence-electron chi connectivity index (χ3n) is 6.00. The topological polar surface area (TPSA) is 115 Å². The number of carbonyl (C=O) groups excluding carboxylic acids is 3. The molecule has 2 aliphatic heterocycles. The lowest BCUT2D eigenvalue weighted by atomic mass is 10.2. The number of aromatic nitrogens is 1. The third kappa shape index (κ3) is 4.30. The van der Waals surface area contributed by atoms with Gasteiger partial charge in [-0.15, -0.1) is 0 Å². The summed E-state index contributed by atoms with van der Waals surface area (Å²) in [6.45, 7) is 4.78. The summed E-state index contributed by atoms with van der Waals surface area (Å²) in [6.07, 6.45) is 3.51. The van der Waals surface area contributed by atoms with Crippen molar-refractivity contribution in [1.82, 2.24) is 14.4 Å². The number of hydrogen-bond acceptors (Lipinski definition) is 7. The number of thioether (sulfide) groups is 1. The van der Waals surface area contributed by atoms with Crippen LogP contribution in [0.3, 0.4) is 0 Å². The molecule has 4 rings (SSSR count). The highest BCUT2D eigenvalue weighted by Gasteiger charge is 2.37. The van der Waals surface area contributed by atoms with Gasteiger partial charge in [0.15, 0.2) is 0 Å². The van der Waals surface area contributed by atoms with E-state index >= 15 is 0 Å². The number of carbonyl (C=O) groups is 3. The van der Waals surface area contributed by atoms with E-state index in [1.54, 1.807) is 17.0 Å². The van der Waals surface area contributed by atoms with Crippen LogP contribution in [0.1, 0.15) is 29.8 Å². The number of imide groups is 1. The van der Waals surface area contributed by atoms with Crippen molar-refractivity contribution >= 4 is 40.6 Å². The smallest absolute Gasteiger partial charge is 0.294 e. The van der Waals surface area contributed by atoms with Gasteiger partial charge in [-0.05, 0) is 62.2 Å². The number of ether oxygens (including phenoxy) is 1. The standard InChI is InChI=1S/C23H24N4O6S/c1-14-10-16(15(2)26(14)18-7-6-17(27(31)32)12-19(18)33-3)11-20-22(29)25(23(30)34-20)13-21(28)24-8-4-5-9-24/h6-7,10-12H,4-5,8-9,13H2,1-3H3. The van der Waals surface area contributed by atoms with Gasteiger partial charge in [-0.2, -0.15) is 0 Å². The second kappa shape index (κ2) is 9.34. The van der Waals surface area contributed by atoms with Crippen molar-refractivity contribution in [3.05, 3.63) is 56.2 Å². The van der Waals surface area contributed by atoms with Gasteiger partial charge in [-0.25, -0.2) is 0 Å². The molecule has 34 heavy (non-hydrogen) atoms. The summed E-state index contributed by atoms with van der Waals surface area (Å²) in [5.74, 6) is -0.368. The average Bonchev–Trinajstić information content (AvgIpc) is 3.50. The van der Waals surface area contributed by atoms with Crippen molar-refractivity contribution in [3.8, 4) is 11.4 Å². The number of benzene rings is 1. The first-order chi connectivity index (χ1) is 16.2. The van der Waals surface area contributed by atoms with Crippen LogP contribution in [0.25, 0.3) is 11.8 Å². The molecule has 1 aromatic heterocycles. The molecule has 0 bridgehead atoms. The van der Waals surface area contributed by atoms with E-state index in [9.17, 15) is 24.5 Å². The van der Waals surface area contributed by atoms with Crippen molar-refractivity contribution in [3.63, 3.8) is 0 Å². The zero-order chi connectivity index (χ0) is 24.6. The Morgan fingerprint density at radius 2 is 1.91 bits per heavy atom. The SMILES string of the molecule is COc1cc([N+](=O)[O-])ccc1-n1c(C)cc(C=C2SC(=O)N(CC(=O)N3CCCC3)C2=O)c1C. The second-order valence-corrected chi connectivity index (χ2v) is 9.12. The lowest BCUT2D eigenvalue weighted by Gasteiger charge is -2.18. The number of amides is 3. The number of hydrogen-bond donors (Lipinski definition) is 0. The molecule has 1 aromatic carbocycles. The molecule has 0 spiro atoms. The first-order valence-electron chi connectivity index (χ1n) is 10.8. The molecule has 0 N–H and O–H groups in total. The van der Waals surface area contributed by atoms with E-state index in [1.165, 1.54) is 19.2 Å². The number of aryl methyl sites for hydroxylation is 1. The number of likely N-dealkylation sites (tertiary alicyclic amines) is 1. The Morgan fingerprint density at radius 3 is 2.56 bits per heavy atom. The summed E-state index contributed by atoms with van der Waals surface area (Å²) in [5.41, 5.74) is 2.84. The molecule has 3 amide bonds. The van der Waals surface area contributed by atoms with Crippen molar-refractivity contribution in [2.24, 2.45) is 0 Å². The van der Waals surface area contributed by atoms with E-state index in [2.05, 4.69) is 0 Å². The molecule has 2 saturated heterocycles. The second-order valence-electron chi connectivity index (χ2n) is 8.13. The summed E-state index contributed by atoms with van der Waals surface area (Å²) in [7, 11) is 1.44. The quantitative estimate of drug-likeness (QED) is 0.349. The lowest BCUT2D eigenvalue weighted by molar-refractivity contribution is -0.384. The molecule has 0 atom stereocenters. The van der Waals surface area contributed by atoms with Crippen molar-refractivity contribution < 1.29 is 24.0 Å². The van der Waals surface area contributed by atoms with Crippen LogP contribution >= 0.6 is 11.8 Å². The number of rotatable bonds is 6. The zero-order valence-corrected chi connectivity index (χ0v) is 19.9. The maximum Gasteiger partial charge on any atom is 0.294 e. The monoisotopic (exact) mass is 484 g/mol. The Kier molecular flexibility index (Phi) is 6.47. The van der Waals surface area contributed by atoms with Gasteiger partial charge >= 0.3 is 0 Å². The van der Waals surface area contributed by atoms with E-state index < -0.39 is 16.1 Å². The molecule has 2 aromatic rings. The van der Waals surface area contributed by atoms with Crippen LogP contribution in [0.5, 0.6) is 5.75 Å². The van der Waals surface area contributed by atoms with Gasteiger partial charge in [0.05, 0.1) is 28.7 Å². The number of methoxy groups -OCH3 is 1. The summed E-state index contributed by atoms with van der Waals surface area (Å²) in [4.78, 5) is 51.4. The Morgan fingerprint density at radius 1 is 1.21 bits per heavy atom. The number of nitrogens with zero attached hydrogens (tertiary/aromatic N) is 4. The predicted octanol–water partition coefficient (Wildman–Crippen LogP) is 3.67. The molecule has 11 heteroatoms. The van der Waals surface area contributed by atoms with Crippen molar-refractivity contribution in [2.75, 3.05) is 26.7 Å². The maximum absolute atomic E-state index is 12.9. The van der Waals surface area contributed by atoms with E-state index in [-0.39, 0.29) is 23.0 Å².